The monoisotopic (exact) mass is 493 g/mol. The highest BCUT2D eigenvalue weighted by molar-refractivity contribution is 7.12. The normalized spacial score (nSPS) is 27.8. The SMILES string of the molecule is O=C(OC1CC2CCC1C2N1CCC(c2ccccc2)CC1)C(O)(c1cccs1)c1cccs1. The second-order valence-corrected chi connectivity index (χ2v) is 12.0. The number of piperidine rings is 1. The highest BCUT2D eigenvalue weighted by atomic mass is 32.1. The maximum Gasteiger partial charge on any atom is 0.349 e. The van der Waals surface area contributed by atoms with Crippen LogP contribution in [-0.2, 0) is 15.1 Å². The van der Waals surface area contributed by atoms with E-state index >= 15 is 0 Å². The van der Waals surface area contributed by atoms with Gasteiger partial charge in [0, 0.05) is 12.0 Å². The van der Waals surface area contributed by atoms with E-state index in [4.69, 9.17) is 4.74 Å². The summed E-state index contributed by atoms with van der Waals surface area (Å²) >= 11 is 2.80. The number of carbonyl (C=O) groups is 1. The molecule has 1 aliphatic heterocycles. The maximum atomic E-state index is 13.5. The number of fused-ring (bicyclic) bond motifs is 2. The lowest BCUT2D eigenvalue weighted by molar-refractivity contribution is -0.170. The average molecular weight is 494 g/mol. The second kappa shape index (κ2) is 9.23. The summed E-state index contributed by atoms with van der Waals surface area (Å²) in [6, 6.07) is 18.8. The lowest BCUT2D eigenvalue weighted by Crippen LogP contribution is -2.45. The topological polar surface area (TPSA) is 49.8 Å². The van der Waals surface area contributed by atoms with Crippen molar-refractivity contribution >= 4 is 28.6 Å². The van der Waals surface area contributed by atoms with Crippen molar-refractivity contribution in [3.05, 3.63) is 80.7 Å². The average Bonchev–Trinajstić information content (AvgIpc) is 3.69. The van der Waals surface area contributed by atoms with Crippen LogP contribution in [0.3, 0.4) is 0 Å². The number of carbonyl (C=O) groups excluding carboxylic acids is 1. The number of rotatable bonds is 6. The molecular formula is C28H31NO3S2. The van der Waals surface area contributed by atoms with Gasteiger partial charge in [-0.05, 0) is 85.5 Å². The summed E-state index contributed by atoms with van der Waals surface area (Å²) < 4.78 is 6.17. The number of esters is 1. The molecule has 3 aromatic rings. The van der Waals surface area contributed by atoms with Crippen molar-refractivity contribution < 1.29 is 14.6 Å². The zero-order chi connectivity index (χ0) is 23.1. The summed E-state index contributed by atoms with van der Waals surface area (Å²) in [5.74, 6) is 1.10. The van der Waals surface area contributed by atoms with Gasteiger partial charge in [-0.3, -0.25) is 4.90 Å². The maximum absolute atomic E-state index is 13.5. The fraction of sp³-hybridized carbons (Fsp3) is 0.464. The number of ether oxygens (including phenoxy) is 1. The number of benzene rings is 1. The van der Waals surface area contributed by atoms with Gasteiger partial charge in [0.25, 0.3) is 0 Å². The quantitative estimate of drug-likeness (QED) is 0.452. The second-order valence-electron chi connectivity index (χ2n) is 10.1. The molecule has 1 N–H and O–H groups in total. The van der Waals surface area contributed by atoms with Crippen molar-refractivity contribution in [1.82, 2.24) is 4.90 Å². The van der Waals surface area contributed by atoms with Gasteiger partial charge in [-0.1, -0.05) is 42.5 Å². The molecule has 2 aliphatic carbocycles. The fourth-order valence-electron chi connectivity index (χ4n) is 6.71. The van der Waals surface area contributed by atoms with Crippen molar-refractivity contribution in [2.75, 3.05) is 13.1 Å². The summed E-state index contributed by atoms with van der Waals surface area (Å²) in [5.41, 5.74) is -0.252. The van der Waals surface area contributed by atoms with Gasteiger partial charge < -0.3 is 9.84 Å². The van der Waals surface area contributed by atoms with E-state index in [-0.39, 0.29) is 6.10 Å². The van der Waals surface area contributed by atoms with Crippen LogP contribution < -0.4 is 0 Å². The molecule has 4 nitrogen and oxygen atoms in total. The Hall–Kier alpha value is -1.99. The molecule has 3 aliphatic rings. The van der Waals surface area contributed by atoms with Gasteiger partial charge in [-0.25, -0.2) is 4.79 Å². The van der Waals surface area contributed by atoms with Crippen molar-refractivity contribution in [2.24, 2.45) is 11.8 Å². The molecule has 0 spiro atoms. The Morgan fingerprint density at radius 2 is 1.59 bits per heavy atom. The number of hydrogen-bond acceptors (Lipinski definition) is 6. The number of hydrogen-bond donors (Lipinski definition) is 1. The van der Waals surface area contributed by atoms with E-state index in [0.29, 0.717) is 33.5 Å². The van der Waals surface area contributed by atoms with Crippen molar-refractivity contribution in [1.29, 1.82) is 0 Å². The lowest BCUT2D eigenvalue weighted by atomic mass is 9.88. The predicted molar refractivity (Wildman–Crippen MR) is 136 cm³/mol. The molecule has 1 aromatic carbocycles. The molecule has 2 aromatic heterocycles. The van der Waals surface area contributed by atoms with Crippen molar-refractivity contribution in [3.8, 4) is 0 Å². The Kier molecular flexibility index (Phi) is 6.10. The van der Waals surface area contributed by atoms with Crippen LogP contribution in [0.15, 0.2) is 65.4 Å². The van der Waals surface area contributed by atoms with Gasteiger partial charge in [0.2, 0.25) is 5.60 Å². The van der Waals surface area contributed by atoms with E-state index in [2.05, 4.69) is 35.2 Å². The van der Waals surface area contributed by atoms with Crippen molar-refractivity contribution in [2.45, 2.75) is 55.8 Å². The first-order valence-corrected chi connectivity index (χ1v) is 14.2. The van der Waals surface area contributed by atoms with Gasteiger partial charge in [0.15, 0.2) is 0 Å². The molecule has 0 amide bonds. The number of thiophene rings is 2. The first kappa shape index (κ1) is 22.5. The van der Waals surface area contributed by atoms with Gasteiger partial charge in [0.1, 0.15) is 6.10 Å². The fourth-order valence-corrected chi connectivity index (χ4v) is 8.42. The molecule has 0 radical (unpaired) electrons. The minimum absolute atomic E-state index is 0.102. The summed E-state index contributed by atoms with van der Waals surface area (Å²) in [6.45, 7) is 2.23. The third-order valence-corrected chi connectivity index (χ3v) is 10.3. The Morgan fingerprint density at radius 1 is 0.912 bits per heavy atom. The molecule has 1 saturated heterocycles. The van der Waals surface area contributed by atoms with E-state index in [1.54, 1.807) is 0 Å². The molecule has 2 saturated carbocycles. The molecule has 34 heavy (non-hydrogen) atoms. The molecule has 6 rings (SSSR count). The molecule has 4 unspecified atom stereocenters. The highest BCUT2D eigenvalue weighted by Crippen LogP contribution is 2.50. The first-order valence-electron chi connectivity index (χ1n) is 12.4. The Bertz CT molecular complexity index is 1060. The zero-order valence-corrected chi connectivity index (χ0v) is 20.8. The number of likely N-dealkylation sites (tertiary alicyclic amines) is 1. The molecular weight excluding hydrogens is 462 g/mol. The summed E-state index contributed by atoms with van der Waals surface area (Å²) in [7, 11) is 0. The third-order valence-electron chi connectivity index (χ3n) is 8.34. The minimum Gasteiger partial charge on any atom is -0.459 e. The zero-order valence-electron chi connectivity index (χ0n) is 19.2. The first-order chi connectivity index (χ1) is 16.6. The molecule has 178 valence electrons. The van der Waals surface area contributed by atoms with Gasteiger partial charge in [-0.15, -0.1) is 22.7 Å². The van der Waals surface area contributed by atoms with Crippen LogP contribution in [0.4, 0.5) is 0 Å². The van der Waals surface area contributed by atoms with Gasteiger partial charge in [0.05, 0.1) is 9.75 Å². The van der Waals surface area contributed by atoms with Crippen LogP contribution in [0, 0.1) is 11.8 Å². The molecule has 6 heteroatoms. The van der Waals surface area contributed by atoms with E-state index in [1.165, 1.54) is 47.5 Å². The standard InChI is InChI=1S/C28H31NO3S2/c30-27(28(31,24-8-4-16-33-24)25-9-5-17-34-25)32-23-18-21-10-11-22(23)26(21)29-14-12-20(13-15-29)19-6-2-1-3-7-19/h1-9,16-17,20-23,26,31H,10-15,18H2. The van der Waals surface area contributed by atoms with Crippen LogP contribution in [-0.4, -0.2) is 41.2 Å². The van der Waals surface area contributed by atoms with Crippen LogP contribution in [0.1, 0.15) is 53.3 Å². The summed E-state index contributed by atoms with van der Waals surface area (Å²) in [4.78, 5) is 17.4. The molecule has 3 heterocycles. The molecule has 3 fully saturated rings. The van der Waals surface area contributed by atoms with Crippen LogP contribution in [0.2, 0.25) is 0 Å². The summed E-state index contributed by atoms with van der Waals surface area (Å²) in [5, 5.41) is 15.4. The van der Waals surface area contributed by atoms with Gasteiger partial charge >= 0.3 is 5.97 Å². The Morgan fingerprint density at radius 3 is 2.21 bits per heavy atom. The largest absolute Gasteiger partial charge is 0.459 e. The van der Waals surface area contributed by atoms with E-state index in [9.17, 15) is 9.90 Å². The molecule has 2 bridgehead atoms. The van der Waals surface area contributed by atoms with Crippen molar-refractivity contribution in [3.63, 3.8) is 0 Å². The smallest absolute Gasteiger partial charge is 0.349 e. The lowest BCUT2D eigenvalue weighted by Gasteiger charge is -2.38. The Labute approximate surface area is 209 Å². The summed E-state index contributed by atoms with van der Waals surface area (Å²) in [6.07, 6.45) is 5.55. The third kappa shape index (κ3) is 3.85. The van der Waals surface area contributed by atoms with Crippen LogP contribution in [0.25, 0.3) is 0 Å². The van der Waals surface area contributed by atoms with Crippen LogP contribution in [0.5, 0.6) is 0 Å². The van der Waals surface area contributed by atoms with E-state index in [0.717, 1.165) is 25.9 Å². The van der Waals surface area contributed by atoms with Gasteiger partial charge in [-0.2, -0.15) is 0 Å². The highest BCUT2D eigenvalue weighted by Gasteiger charge is 2.54. The van der Waals surface area contributed by atoms with Crippen LogP contribution >= 0.6 is 22.7 Å². The van der Waals surface area contributed by atoms with E-state index < -0.39 is 11.6 Å². The molecule has 4 atom stereocenters. The number of aliphatic hydroxyl groups is 1. The Balaban J connectivity index is 1.15. The minimum atomic E-state index is -1.71. The number of nitrogens with zero attached hydrogens (tertiary/aromatic N) is 1. The predicted octanol–water partition coefficient (Wildman–Crippen LogP) is 5.64. The van der Waals surface area contributed by atoms with E-state index in [1.807, 2.05) is 35.0 Å².